The zero-order valence-corrected chi connectivity index (χ0v) is 9.57. The highest BCUT2D eigenvalue weighted by Crippen LogP contribution is 2.44. The van der Waals surface area contributed by atoms with E-state index in [0.717, 1.165) is 12.8 Å². The Hall–Kier alpha value is -0.340. The van der Waals surface area contributed by atoms with Crippen LogP contribution in [0.2, 0.25) is 0 Å². The minimum Gasteiger partial charge on any atom is -0.396 e. The molecule has 0 amide bonds. The van der Waals surface area contributed by atoms with Gasteiger partial charge in [0.25, 0.3) is 0 Å². The average molecular weight is 210 g/mol. The minimum absolute atomic E-state index is 0.246. The molecule has 0 saturated heterocycles. The molecule has 1 aromatic heterocycles. The lowest BCUT2D eigenvalue weighted by Gasteiger charge is -2.40. The summed E-state index contributed by atoms with van der Waals surface area (Å²) in [6, 6.07) is 4.46. The molecular weight excluding hydrogens is 192 g/mol. The maximum Gasteiger partial charge on any atom is 0.0490 e. The minimum atomic E-state index is 0.246. The van der Waals surface area contributed by atoms with Crippen LogP contribution in [0.25, 0.3) is 0 Å². The second kappa shape index (κ2) is 4.03. The van der Waals surface area contributed by atoms with Crippen LogP contribution in [-0.2, 0) is 12.8 Å². The first-order chi connectivity index (χ1) is 6.78. The van der Waals surface area contributed by atoms with Gasteiger partial charge < -0.3 is 5.11 Å². The van der Waals surface area contributed by atoms with Gasteiger partial charge in [-0.2, -0.15) is 0 Å². The Morgan fingerprint density at radius 2 is 2.07 bits per heavy atom. The predicted octanol–water partition coefficient (Wildman–Crippen LogP) is 3.02. The van der Waals surface area contributed by atoms with Crippen LogP contribution in [-0.4, -0.2) is 11.7 Å². The summed E-state index contributed by atoms with van der Waals surface area (Å²) in [5, 5.41) is 9.37. The van der Waals surface area contributed by atoms with E-state index in [4.69, 9.17) is 0 Å². The molecule has 0 radical (unpaired) electrons. The normalized spacial score (nSPS) is 19.3. The van der Waals surface area contributed by atoms with E-state index < -0.39 is 0 Å². The van der Waals surface area contributed by atoms with Gasteiger partial charge in [-0.1, -0.05) is 13.3 Å². The van der Waals surface area contributed by atoms with Gasteiger partial charge in [0.05, 0.1) is 0 Å². The third-order valence-electron chi connectivity index (χ3n) is 3.36. The van der Waals surface area contributed by atoms with Crippen LogP contribution in [0.5, 0.6) is 0 Å². The van der Waals surface area contributed by atoms with Crippen molar-refractivity contribution in [1.82, 2.24) is 0 Å². The summed E-state index contributed by atoms with van der Waals surface area (Å²) in [6.07, 6.45) is 5.95. The van der Waals surface area contributed by atoms with E-state index >= 15 is 0 Å². The number of thiophene rings is 1. The summed E-state index contributed by atoms with van der Waals surface area (Å²) < 4.78 is 0. The van der Waals surface area contributed by atoms with E-state index in [1.54, 1.807) is 0 Å². The molecule has 0 aliphatic heterocycles. The fourth-order valence-electron chi connectivity index (χ4n) is 2.14. The molecular formula is C12H18OS. The van der Waals surface area contributed by atoms with E-state index in [0.29, 0.717) is 6.61 Å². The van der Waals surface area contributed by atoms with E-state index in [1.165, 1.54) is 29.0 Å². The maximum atomic E-state index is 9.37. The van der Waals surface area contributed by atoms with Crippen LogP contribution in [0.1, 0.15) is 35.9 Å². The Bertz CT molecular complexity index is 294. The van der Waals surface area contributed by atoms with E-state index in [9.17, 15) is 5.11 Å². The first kappa shape index (κ1) is 10.2. The Morgan fingerprint density at radius 3 is 2.50 bits per heavy atom. The smallest absolute Gasteiger partial charge is 0.0490 e. The summed E-state index contributed by atoms with van der Waals surface area (Å²) in [4.78, 5) is 2.92. The molecule has 1 aliphatic carbocycles. The predicted molar refractivity (Wildman–Crippen MR) is 60.8 cm³/mol. The Morgan fingerprint density at radius 1 is 1.36 bits per heavy atom. The molecule has 1 aliphatic rings. The van der Waals surface area contributed by atoms with Gasteiger partial charge in [-0.25, -0.2) is 0 Å². The molecule has 1 saturated carbocycles. The molecule has 1 aromatic rings. The Labute approximate surface area is 89.8 Å². The lowest BCUT2D eigenvalue weighted by Crippen LogP contribution is -2.35. The number of hydrogen-bond donors (Lipinski definition) is 1. The molecule has 1 nitrogen and oxygen atoms in total. The van der Waals surface area contributed by atoms with E-state index in [2.05, 4.69) is 19.1 Å². The first-order valence-corrected chi connectivity index (χ1v) is 6.28. The van der Waals surface area contributed by atoms with Crippen LogP contribution < -0.4 is 0 Å². The molecule has 0 aromatic carbocycles. The van der Waals surface area contributed by atoms with E-state index in [1.807, 2.05) is 11.3 Å². The van der Waals surface area contributed by atoms with Crippen LogP contribution in [0.15, 0.2) is 12.1 Å². The van der Waals surface area contributed by atoms with Crippen LogP contribution >= 0.6 is 11.3 Å². The van der Waals surface area contributed by atoms with Gasteiger partial charge in [0.15, 0.2) is 0 Å². The molecule has 78 valence electrons. The number of aryl methyl sites for hydroxylation is 1. The third-order valence-corrected chi connectivity index (χ3v) is 4.59. The van der Waals surface area contributed by atoms with Crippen molar-refractivity contribution >= 4 is 11.3 Å². The maximum absolute atomic E-state index is 9.37. The molecule has 1 N–H and O–H groups in total. The van der Waals surface area contributed by atoms with Gasteiger partial charge in [0, 0.05) is 16.4 Å². The van der Waals surface area contributed by atoms with Crippen molar-refractivity contribution in [3.05, 3.63) is 21.9 Å². The van der Waals surface area contributed by atoms with Crippen molar-refractivity contribution in [3.63, 3.8) is 0 Å². The lowest BCUT2D eigenvalue weighted by atomic mass is 9.67. The summed E-state index contributed by atoms with van der Waals surface area (Å²) in [5.74, 6) is 0. The summed E-state index contributed by atoms with van der Waals surface area (Å²) in [7, 11) is 0. The number of hydrogen-bond acceptors (Lipinski definition) is 2. The monoisotopic (exact) mass is 210 g/mol. The third kappa shape index (κ3) is 1.86. The second-order valence-electron chi connectivity index (χ2n) is 4.41. The van der Waals surface area contributed by atoms with Crippen molar-refractivity contribution in [1.29, 1.82) is 0 Å². The van der Waals surface area contributed by atoms with Gasteiger partial charge in [0.1, 0.15) is 0 Å². The van der Waals surface area contributed by atoms with Crippen molar-refractivity contribution in [2.45, 2.75) is 39.0 Å². The van der Waals surface area contributed by atoms with Gasteiger partial charge in [-0.3, -0.25) is 0 Å². The Kier molecular flexibility index (Phi) is 2.93. The van der Waals surface area contributed by atoms with Crippen molar-refractivity contribution < 1.29 is 5.11 Å². The summed E-state index contributed by atoms with van der Waals surface area (Å²) in [6.45, 7) is 2.56. The van der Waals surface area contributed by atoms with Crippen LogP contribution in [0, 0.1) is 5.41 Å². The van der Waals surface area contributed by atoms with Crippen LogP contribution in [0.3, 0.4) is 0 Å². The molecule has 0 bridgehead atoms. The van der Waals surface area contributed by atoms with Crippen molar-refractivity contribution in [2.24, 2.45) is 5.41 Å². The quantitative estimate of drug-likeness (QED) is 0.810. The fraction of sp³-hybridized carbons (Fsp3) is 0.667. The van der Waals surface area contributed by atoms with Gasteiger partial charge >= 0.3 is 0 Å². The largest absolute Gasteiger partial charge is 0.396 e. The fourth-order valence-corrected chi connectivity index (χ4v) is 3.28. The molecule has 0 unspecified atom stereocenters. The molecule has 1 fully saturated rings. The number of aliphatic hydroxyl groups excluding tert-OH is 1. The second-order valence-corrected chi connectivity index (χ2v) is 5.66. The van der Waals surface area contributed by atoms with Crippen molar-refractivity contribution in [2.75, 3.05) is 6.61 Å². The number of aliphatic hydroxyl groups is 1. The Balaban J connectivity index is 2.02. The molecule has 0 atom stereocenters. The topological polar surface area (TPSA) is 20.2 Å². The molecule has 2 rings (SSSR count). The van der Waals surface area contributed by atoms with Gasteiger partial charge in [0.2, 0.25) is 0 Å². The SMILES string of the molecule is CCc1ccc(CC2(CO)CCC2)s1. The highest BCUT2D eigenvalue weighted by Gasteiger charge is 2.36. The molecule has 2 heteroatoms. The zero-order chi connectivity index (χ0) is 10.0. The first-order valence-electron chi connectivity index (χ1n) is 5.46. The zero-order valence-electron chi connectivity index (χ0n) is 8.75. The average Bonchev–Trinajstić information content (AvgIpc) is 2.59. The summed E-state index contributed by atoms with van der Waals surface area (Å²) in [5.41, 5.74) is 0.246. The number of rotatable bonds is 4. The lowest BCUT2D eigenvalue weighted by molar-refractivity contribution is 0.0458. The highest BCUT2D eigenvalue weighted by atomic mass is 32.1. The molecule has 14 heavy (non-hydrogen) atoms. The highest BCUT2D eigenvalue weighted by molar-refractivity contribution is 7.11. The molecule has 0 spiro atoms. The van der Waals surface area contributed by atoms with Crippen molar-refractivity contribution in [3.8, 4) is 0 Å². The van der Waals surface area contributed by atoms with Crippen LogP contribution in [0.4, 0.5) is 0 Å². The van der Waals surface area contributed by atoms with E-state index in [-0.39, 0.29) is 5.41 Å². The van der Waals surface area contributed by atoms with Gasteiger partial charge in [-0.05, 0) is 43.2 Å². The van der Waals surface area contributed by atoms with Gasteiger partial charge in [-0.15, -0.1) is 11.3 Å². The standard InChI is InChI=1S/C12H18OS/c1-2-10-4-5-11(14-10)8-12(9-13)6-3-7-12/h4-5,13H,2-3,6-9H2,1H3. The molecule has 1 heterocycles. The summed E-state index contributed by atoms with van der Waals surface area (Å²) >= 11 is 1.91.